The van der Waals surface area contributed by atoms with E-state index in [1.165, 1.54) is 5.56 Å². The van der Waals surface area contributed by atoms with Crippen molar-refractivity contribution in [2.24, 2.45) is 0 Å². The van der Waals surface area contributed by atoms with Gasteiger partial charge in [-0.3, -0.25) is 4.79 Å². The molecular formula is C19H21NO2. The molecular weight excluding hydrogens is 274 g/mol. The molecule has 3 rings (SSSR count). The second-order valence-electron chi connectivity index (χ2n) is 5.64. The standard InChI is InChI=1S/C19H21NO2/c1-2-20(13-15-8-4-3-5-9-15)19(21)12-16-14-22-18-11-7-6-10-17(16)18/h3-11,16H,2,12-14H2,1H3. The minimum absolute atomic E-state index is 0.175. The first kappa shape index (κ1) is 14.6. The molecule has 0 bridgehead atoms. The van der Waals surface area contributed by atoms with Gasteiger partial charge in [0.05, 0.1) is 6.61 Å². The largest absolute Gasteiger partial charge is 0.493 e. The van der Waals surface area contributed by atoms with Crippen LogP contribution in [-0.2, 0) is 11.3 Å². The molecule has 0 radical (unpaired) electrons. The van der Waals surface area contributed by atoms with E-state index in [4.69, 9.17) is 4.74 Å². The van der Waals surface area contributed by atoms with E-state index < -0.39 is 0 Å². The van der Waals surface area contributed by atoms with Crippen LogP contribution < -0.4 is 4.74 Å². The molecule has 1 atom stereocenters. The third kappa shape index (κ3) is 3.14. The van der Waals surface area contributed by atoms with Crippen molar-refractivity contribution in [3.8, 4) is 5.75 Å². The van der Waals surface area contributed by atoms with Crippen LogP contribution in [-0.4, -0.2) is 24.0 Å². The Labute approximate surface area is 131 Å². The monoisotopic (exact) mass is 295 g/mol. The van der Waals surface area contributed by atoms with Crippen molar-refractivity contribution in [1.82, 2.24) is 4.90 Å². The second kappa shape index (κ2) is 6.65. The summed E-state index contributed by atoms with van der Waals surface area (Å²) in [5.41, 5.74) is 2.33. The summed E-state index contributed by atoms with van der Waals surface area (Å²) in [4.78, 5) is 14.5. The molecule has 1 aliphatic rings. The molecule has 114 valence electrons. The summed E-state index contributed by atoms with van der Waals surface area (Å²) in [6.07, 6.45) is 0.512. The number of rotatable bonds is 5. The minimum Gasteiger partial charge on any atom is -0.493 e. The molecule has 0 spiro atoms. The number of hydrogen-bond donors (Lipinski definition) is 0. The summed E-state index contributed by atoms with van der Waals surface area (Å²) in [6, 6.07) is 18.1. The molecule has 0 aliphatic carbocycles. The van der Waals surface area contributed by atoms with Gasteiger partial charge in [-0.05, 0) is 18.6 Å². The zero-order chi connectivity index (χ0) is 15.4. The van der Waals surface area contributed by atoms with E-state index >= 15 is 0 Å². The van der Waals surface area contributed by atoms with Gasteiger partial charge in [-0.1, -0.05) is 48.5 Å². The van der Waals surface area contributed by atoms with Crippen molar-refractivity contribution >= 4 is 5.91 Å². The minimum atomic E-state index is 0.175. The lowest BCUT2D eigenvalue weighted by Gasteiger charge is -2.22. The van der Waals surface area contributed by atoms with E-state index in [1.807, 2.05) is 48.2 Å². The van der Waals surface area contributed by atoms with Crippen molar-refractivity contribution in [3.05, 3.63) is 65.7 Å². The van der Waals surface area contributed by atoms with Crippen LogP contribution in [0.4, 0.5) is 0 Å². The lowest BCUT2D eigenvalue weighted by atomic mass is 9.97. The maximum absolute atomic E-state index is 12.6. The van der Waals surface area contributed by atoms with E-state index in [9.17, 15) is 4.79 Å². The van der Waals surface area contributed by atoms with Crippen LogP contribution in [0.5, 0.6) is 5.75 Å². The smallest absolute Gasteiger partial charge is 0.223 e. The van der Waals surface area contributed by atoms with Crippen molar-refractivity contribution in [1.29, 1.82) is 0 Å². The number of carbonyl (C=O) groups is 1. The first-order valence-electron chi connectivity index (χ1n) is 7.81. The topological polar surface area (TPSA) is 29.5 Å². The number of amides is 1. The first-order chi connectivity index (χ1) is 10.8. The Balaban J connectivity index is 1.66. The van der Waals surface area contributed by atoms with Gasteiger partial charge >= 0.3 is 0 Å². The van der Waals surface area contributed by atoms with E-state index in [1.54, 1.807) is 0 Å². The van der Waals surface area contributed by atoms with E-state index in [0.717, 1.165) is 17.9 Å². The molecule has 2 aromatic carbocycles. The highest BCUT2D eigenvalue weighted by Gasteiger charge is 2.27. The predicted molar refractivity (Wildman–Crippen MR) is 86.8 cm³/mol. The van der Waals surface area contributed by atoms with Crippen molar-refractivity contribution in [2.75, 3.05) is 13.2 Å². The van der Waals surface area contributed by atoms with Gasteiger partial charge in [-0.2, -0.15) is 0 Å². The predicted octanol–water partition coefficient (Wildman–Crippen LogP) is 3.60. The van der Waals surface area contributed by atoms with E-state index in [0.29, 0.717) is 19.6 Å². The van der Waals surface area contributed by atoms with Crippen LogP contribution in [0.1, 0.15) is 30.4 Å². The fourth-order valence-corrected chi connectivity index (χ4v) is 2.92. The molecule has 2 aromatic rings. The van der Waals surface area contributed by atoms with Crippen molar-refractivity contribution in [2.45, 2.75) is 25.8 Å². The van der Waals surface area contributed by atoms with Gasteiger partial charge in [0, 0.05) is 31.0 Å². The van der Waals surface area contributed by atoms with Gasteiger partial charge in [-0.15, -0.1) is 0 Å². The van der Waals surface area contributed by atoms with E-state index in [2.05, 4.69) is 18.2 Å². The SMILES string of the molecule is CCN(Cc1ccccc1)C(=O)CC1COc2ccccc21. The Morgan fingerprint density at radius 1 is 1.14 bits per heavy atom. The molecule has 0 saturated heterocycles. The zero-order valence-electron chi connectivity index (χ0n) is 12.9. The number of nitrogens with zero attached hydrogens (tertiary/aromatic N) is 1. The number of fused-ring (bicyclic) bond motifs is 1. The summed E-state index contributed by atoms with van der Waals surface area (Å²) in [5.74, 6) is 1.29. The first-order valence-corrected chi connectivity index (χ1v) is 7.81. The number of para-hydroxylation sites is 1. The molecule has 0 fully saturated rings. The van der Waals surface area contributed by atoms with Gasteiger partial charge < -0.3 is 9.64 Å². The summed E-state index contributed by atoms with van der Waals surface area (Å²) < 4.78 is 5.67. The van der Waals surface area contributed by atoms with Gasteiger partial charge in [0.15, 0.2) is 0 Å². The molecule has 0 saturated carbocycles. The maximum Gasteiger partial charge on any atom is 0.223 e. The van der Waals surface area contributed by atoms with Crippen LogP contribution in [0, 0.1) is 0 Å². The number of carbonyl (C=O) groups excluding carboxylic acids is 1. The lowest BCUT2D eigenvalue weighted by molar-refractivity contribution is -0.132. The maximum atomic E-state index is 12.6. The summed E-state index contributed by atoms with van der Waals surface area (Å²) >= 11 is 0. The van der Waals surface area contributed by atoms with Gasteiger partial charge in [0.25, 0.3) is 0 Å². The Hall–Kier alpha value is -2.29. The third-order valence-corrected chi connectivity index (χ3v) is 4.17. The van der Waals surface area contributed by atoms with Crippen LogP contribution in [0.3, 0.4) is 0 Å². The Bertz CT molecular complexity index is 639. The molecule has 3 heteroatoms. The molecule has 1 heterocycles. The van der Waals surface area contributed by atoms with E-state index in [-0.39, 0.29) is 11.8 Å². The van der Waals surface area contributed by atoms with Crippen molar-refractivity contribution in [3.63, 3.8) is 0 Å². The number of benzene rings is 2. The van der Waals surface area contributed by atoms with Crippen molar-refractivity contribution < 1.29 is 9.53 Å². The molecule has 0 N–H and O–H groups in total. The molecule has 22 heavy (non-hydrogen) atoms. The molecule has 1 unspecified atom stereocenters. The molecule has 3 nitrogen and oxygen atoms in total. The third-order valence-electron chi connectivity index (χ3n) is 4.17. The molecule has 0 aromatic heterocycles. The van der Waals surface area contributed by atoms with Crippen LogP contribution in [0.25, 0.3) is 0 Å². The molecule has 1 amide bonds. The van der Waals surface area contributed by atoms with Gasteiger partial charge in [-0.25, -0.2) is 0 Å². The van der Waals surface area contributed by atoms with Crippen LogP contribution in [0.2, 0.25) is 0 Å². The summed E-state index contributed by atoms with van der Waals surface area (Å²) in [5, 5.41) is 0. The normalized spacial score (nSPS) is 16.0. The van der Waals surface area contributed by atoms with Crippen LogP contribution in [0.15, 0.2) is 54.6 Å². The Morgan fingerprint density at radius 2 is 1.86 bits per heavy atom. The Morgan fingerprint density at radius 3 is 2.64 bits per heavy atom. The Kier molecular flexibility index (Phi) is 4.42. The fraction of sp³-hybridized carbons (Fsp3) is 0.316. The highest BCUT2D eigenvalue weighted by molar-refractivity contribution is 5.77. The average Bonchev–Trinajstić information content (AvgIpc) is 2.97. The molecule has 1 aliphatic heterocycles. The fourth-order valence-electron chi connectivity index (χ4n) is 2.92. The quantitative estimate of drug-likeness (QED) is 0.843. The average molecular weight is 295 g/mol. The van der Waals surface area contributed by atoms with Gasteiger partial charge in [0.1, 0.15) is 5.75 Å². The van der Waals surface area contributed by atoms with Crippen LogP contribution >= 0.6 is 0 Å². The number of hydrogen-bond acceptors (Lipinski definition) is 2. The zero-order valence-corrected chi connectivity index (χ0v) is 12.9. The number of ether oxygens (including phenoxy) is 1. The second-order valence-corrected chi connectivity index (χ2v) is 5.64. The van der Waals surface area contributed by atoms with Gasteiger partial charge in [0.2, 0.25) is 5.91 Å². The summed E-state index contributed by atoms with van der Waals surface area (Å²) in [7, 11) is 0. The lowest BCUT2D eigenvalue weighted by Crippen LogP contribution is -2.31. The highest BCUT2D eigenvalue weighted by Crippen LogP contribution is 2.35. The highest BCUT2D eigenvalue weighted by atomic mass is 16.5. The summed E-state index contributed by atoms with van der Waals surface area (Å²) in [6.45, 7) is 4.03.